The third-order valence-electron chi connectivity index (χ3n) is 6.58. The molecular weight excluding hydrogens is 456 g/mol. The minimum absolute atomic E-state index is 0.162. The van der Waals surface area contributed by atoms with Gasteiger partial charge in [0.05, 0.1) is 12.2 Å². The molecule has 35 heavy (non-hydrogen) atoms. The molecule has 1 heterocycles. The topological polar surface area (TPSA) is 54.0 Å². The van der Waals surface area contributed by atoms with Crippen LogP contribution >= 0.6 is 0 Å². The lowest BCUT2D eigenvalue weighted by Gasteiger charge is -2.43. The molecule has 1 saturated heterocycles. The van der Waals surface area contributed by atoms with Gasteiger partial charge in [0.2, 0.25) is 0 Å². The van der Waals surface area contributed by atoms with Gasteiger partial charge >= 0.3 is 5.97 Å². The molecule has 3 aromatic rings. The highest BCUT2D eigenvalue weighted by Crippen LogP contribution is 2.37. The largest absolute Gasteiger partial charge is 0.456 e. The van der Waals surface area contributed by atoms with Crippen molar-refractivity contribution >= 4 is 24.7 Å². The van der Waals surface area contributed by atoms with Crippen LogP contribution in [0.15, 0.2) is 91.0 Å². The van der Waals surface area contributed by atoms with E-state index in [4.69, 9.17) is 18.6 Å². The quantitative estimate of drug-likeness (QED) is 0.343. The van der Waals surface area contributed by atoms with Crippen LogP contribution in [0, 0.1) is 0 Å². The number of carbonyl (C=O) groups is 1. The normalized spacial score (nSPS) is 20.5. The lowest BCUT2D eigenvalue weighted by Crippen LogP contribution is -2.67. The maximum absolute atomic E-state index is 12.8. The number of methoxy groups -OCH3 is 1. The number of rotatable bonds is 8. The van der Waals surface area contributed by atoms with E-state index in [-0.39, 0.29) is 11.0 Å². The number of esters is 1. The Kier molecular flexibility index (Phi) is 7.87. The van der Waals surface area contributed by atoms with Gasteiger partial charge in [-0.25, -0.2) is 4.79 Å². The van der Waals surface area contributed by atoms with Crippen molar-refractivity contribution < 1.29 is 23.4 Å². The van der Waals surface area contributed by atoms with Crippen molar-refractivity contribution in [1.29, 1.82) is 0 Å². The molecule has 0 bridgehead atoms. The number of carbonyl (C=O) groups excluding carboxylic acids is 1. The molecule has 4 rings (SSSR count). The van der Waals surface area contributed by atoms with Crippen LogP contribution in [0.4, 0.5) is 0 Å². The van der Waals surface area contributed by atoms with Crippen molar-refractivity contribution in [3.8, 4) is 0 Å². The molecular formula is C29H34O5Si. The SMILES string of the molecule is CO[C@@H]1CC(OC(=O)c2ccccc2)[C@@H](CO[Si](c2ccccc2)(c2ccccc2)C(C)(C)C)O1. The molecule has 5 nitrogen and oxygen atoms in total. The van der Waals surface area contributed by atoms with Crippen molar-refractivity contribution in [2.75, 3.05) is 13.7 Å². The van der Waals surface area contributed by atoms with Crippen molar-refractivity contribution in [3.05, 3.63) is 96.6 Å². The molecule has 0 spiro atoms. The van der Waals surface area contributed by atoms with Crippen LogP contribution in [0.1, 0.15) is 37.6 Å². The van der Waals surface area contributed by atoms with Crippen molar-refractivity contribution in [3.63, 3.8) is 0 Å². The summed E-state index contributed by atoms with van der Waals surface area (Å²) in [4.78, 5) is 12.8. The van der Waals surface area contributed by atoms with E-state index in [1.54, 1.807) is 19.2 Å². The average molecular weight is 491 g/mol. The highest BCUT2D eigenvalue weighted by Gasteiger charge is 2.51. The van der Waals surface area contributed by atoms with Gasteiger partial charge in [-0.2, -0.15) is 0 Å². The Hall–Kier alpha value is -2.77. The second-order valence-electron chi connectivity index (χ2n) is 9.86. The zero-order chi connectivity index (χ0) is 24.9. The molecule has 0 aliphatic carbocycles. The van der Waals surface area contributed by atoms with Crippen LogP contribution in [-0.2, 0) is 18.6 Å². The van der Waals surface area contributed by atoms with E-state index >= 15 is 0 Å². The molecule has 6 heteroatoms. The van der Waals surface area contributed by atoms with Gasteiger partial charge in [-0.05, 0) is 27.5 Å². The molecule has 0 amide bonds. The third kappa shape index (κ3) is 5.41. The van der Waals surface area contributed by atoms with E-state index in [1.807, 2.05) is 30.3 Å². The van der Waals surface area contributed by atoms with Gasteiger partial charge in [0, 0.05) is 13.5 Å². The van der Waals surface area contributed by atoms with E-state index in [2.05, 4.69) is 69.3 Å². The van der Waals surface area contributed by atoms with Crippen LogP contribution in [0.2, 0.25) is 5.04 Å². The first kappa shape index (κ1) is 25.3. The van der Waals surface area contributed by atoms with E-state index in [0.29, 0.717) is 18.6 Å². The van der Waals surface area contributed by atoms with Crippen LogP contribution in [0.3, 0.4) is 0 Å². The first-order chi connectivity index (χ1) is 16.8. The zero-order valence-corrected chi connectivity index (χ0v) is 21.8. The number of ether oxygens (including phenoxy) is 3. The van der Waals surface area contributed by atoms with Gasteiger partial charge < -0.3 is 18.6 Å². The number of hydrogen-bond acceptors (Lipinski definition) is 5. The summed E-state index contributed by atoms with van der Waals surface area (Å²) < 4.78 is 24.5. The molecule has 184 valence electrons. The van der Waals surface area contributed by atoms with Gasteiger partial charge in [-0.15, -0.1) is 0 Å². The summed E-state index contributed by atoms with van der Waals surface area (Å²) in [6.45, 7) is 7.00. The van der Waals surface area contributed by atoms with Gasteiger partial charge in [-0.3, -0.25) is 0 Å². The zero-order valence-electron chi connectivity index (χ0n) is 20.8. The standard InChI is InChI=1S/C29H34O5Si/c1-29(2,3)35(23-16-10-6-11-17-23,24-18-12-7-13-19-24)32-21-26-25(20-27(31-4)33-26)34-28(30)22-14-8-5-9-15-22/h5-19,25-27H,20-21H2,1-4H3/t25?,26-,27+/m1/s1. The second kappa shape index (κ2) is 10.9. The van der Waals surface area contributed by atoms with E-state index in [0.717, 1.165) is 0 Å². The Labute approximate surface area is 209 Å². The average Bonchev–Trinajstić information content (AvgIpc) is 3.27. The van der Waals surface area contributed by atoms with Crippen molar-refractivity contribution in [2.45, 2.75) is 50.7 Å². The van der Waals surface area contributed by atoms with Crippen molar-refractivity contribution in [1.82, 2.24) is 0 Å². The summed E-state index contributed by atoms with van der Waals surface area (Å²) in [5, 5.41) is 2.22. The predicted octanol–water partition coefficient (Wildman–Crippen LogP) is 4.55. The fourth-order valence-corrected chi connectivity index (χ4v) is 9.42. The summed E-state index contributed by atoms with van der Waals surface area (Å²) in [5.41, 5.74) is 0.514. The van der Waals surface area contributed by atoms with Crippen LogP contribution in [0.5, 0.6) is 0 Å². The molecule has 1 fully saturated rings. The Balaban J connectivity index is 1.63. The maximum Gasteiger partial charge on any atom is 0.338 e. The molecule has 1 unspecified atom stereocenters. The highest BCUT2D eigenvalue weighted by molar-refractivity contribution is 6.99. The van der Waals surface area contributed by atoms with E-state index < -0.39 is 26.8 Å². The molecule has 0 aromatic heterocycles. The van der Waals surface area contributed by atoms with Gasteiger partial charge in [0.1, 0.15) is 12.2 Å². The Bertz CT molecular complexity index is 1040. The van der Waals surface area contributed by atoms with Crippen LogP contribution in [0.25, 0.3) is 0 Å². The molecule has 0 radical (unpaired) electrons. The minimum Gasteiger partial charge on any atom is -0.456 e. The highest BCUT2D eigenvalue weighted by atomic mass is 28.4. The smallest absolute Gasteiger partial charge is 0.338 e. The lowest BCUT2D eigenvalue weighted by atomic mass is 10.2. The molecule has 3 atom stereocenters. The molecule has 0 N–H and O–H groups in total. The summed E-state index contributed by atoms with van der Waals surface area (Å²) in [7, 11) is -1.14. The summed E-state index contributed by atoms with van der Waals surface area (Å²) in [6, 6.07) is 29.9. The summed E-state index contributed by atoms with van der Waals surface area (Å²) in [5.74, 6) is -0.369. The molecule has 1 aliphatic heterocycles. The molecule has 0 saturated carbocycles. The van der Waals surface area contributed by atoms with Gasteiger partial charge in [0.15, 0.2) is 6.29 Å². The first-order valence-corrected chi connectivity index (χ1v) is 14.0. The molecule has 1 aliphatic rings. The Morgan fingerprint density at radius 1 is 0.886 bits per heavy atom. The van der Waals surface area contributed by atoms with E-state index in [9.17, 15) is 4.79 Å². The fourth-order valence-electron chi connectivity index (χ4n) is 4.85. The summed E-state index contributed by atoms with van der Waals surface area (Å²) in [6.07, 6.45) is -0.888. The predicted molar refractivity (Wildman–Crippen MR) is 140 cm³/mol. The Morgan fingerprint density at radius 3 is 1.89 bits per heavy atom. The number of benzene rings is 3. The lowest BCUT2D eigenvalue weighted by molar-refractivity contribution is -0.126. The number of hydrogen-bond donors (Lipinski definition) is 0. The monoisotopic (exact) mass is 490 g/mol. The maximum atomic E-state index is 12.8. The third-order valence-corrected chi connectivity index (χ3v) is 11.6. The Morgan fingerprint density at radius 2 is 1.40 bits per heavy atom. The first-order valence-electron chi connectivity index (χ1n) is 12.0. The fraction of sp³-hybridized carbons (Fsp3) is 0.345. The minimum atomic E-state index is -2.74. The molecule has 3 aromatic carbocycles. The van der Waals surface area contributed by atoms with Crippen molar-refractivity contribution in [2.24, 2.45) is 0 Å². The second-order valence-corrected chi connectivity index (χ2v) is 14.2. The van der Waals surface area contributed by atoms with E-state index in [1.165, 1.54) is 10.4 Å². The van der Waals surface area contributed by atoms with Crippen LogP contribution in [-0.4, -0.2) is 46.5 Å². The van der Waals surface area contributed by atoms with Gasteiger partial charge in [0.25, 0.3) is 8.32 Å². The van der Waals surface area contributed by atoms with Crippen LogP contribution < -0.4 is 10.4 Å². The summed E-state index contributed by atoms with van der Waals surface area (Å²) >= 11 is 0. The van der Waals surface area contributed by atoms with Gasteiger partial charge in [-0.1, -0.05) is 99.6 Å².